The zero-order valence-corrected chi connectivity index (χ0v) is 30.3. The number of nitriles is 1. The van der Waals surface area contributed by atoms with Crippen LogP contribution in [0.4, 0.5) is 18.3 Å². The predicted molar refractivity (Wildman–Crippen MR) is 195 cm³/mol. The van der Waals surface area contributed by atoms with Crippen molar-refractivity contribution >= 4 is 32.6 Å². The van der Waals surface area contributed by atoms with Gasteiger partial charge in [-0.3, -0.25) is 14.5 Å². The van der Waals surface area contributed by atoms with Crippen LogP contribution in [-0.4, -0.2) is 52.8 Å². The van der Waals surface area contributed by atoms with Crippen LogP contribution in [0.2, 0.25) is 0 Å². The number of carbonyl (C=O) groups excluding carboxylic acids is 1. The van der Waals surface area contributed by atoms with E-state index in [0.29, 0.717) is 25.0 Å². The van der Waals surface area contributed by atoms with E-state index in [1.165, 1.54) is 24.5 Å². The van der Waals surface area contributed by atoms with Gasteiger partial charge < -0.3 is 9.64 Å². The molecular weight excluding hydrogens is 726 g/mol. The average Bonchev–Trinajstić information content (AvgIpc) is 3.66. The van der Waals surface area contributed by atoms with Crippen LogP contribution in [0.15, 0.2) is 90.2 Å². The number of nitrogens with zero attached hydrogens (tertiary/aromatic N) is 5. The Morgan fingerprint density at radius 2 is 1.75 bits per heavy atom. The van der Waals surface area contributed by atoms with Gasteiger partial charge in [0.25, 0.3) is 10.0 Å². The molecule has 0 spiro atoms. The van der Waals surface area contributed by atoms with E-state index in [1.54, 1.807) is 6.20 Å². The smallest absolute Gasteiger partial charge is 0.455 e. The Bertz CT molecular complexity index is 2230. The molecule has 0 atom stereocenters. The number of benzene rings is 3. The number of aromatic nitrogens is 3. The van der Waals surface area contributed by atoms with Gasteiger partial charge in [0.05, 0.1) is 10.5 Å². The quantitative estimate of drug-likeness (QED) is 0.125. The Morgan fingerprint density at radius 3 is 2.47 bits per heavy atom. The van der Waals surface area contributed by atoms with Crippen LogP contribution < -0.4 is 9.46 Å². The first-order valence-electron chi connectivity index (χ1n) is 16.9. The van der Waals surface area contributed by atoms with Crippen molar-refractivity contribution in [1.29, 1.82) is 5.26 Å². The van der Waals surface area contributed by atoms with Crippen LogP contribution in [0.25, 0.3) is 22.3 Å². The minimum Gasteiger partial charge on any atom is -0.455 e. The molecule has 1 aliphatic rings. The number of sulfonamides is 1. The summed E-state index contributed by atoms with van der Waals surface area (Å²) in [5, 5.41) is 10.1. The van der Waals surface area contributed by atoms with E-state index >= 15 is 0 Å². The molecule has 0 unspecified atom stereocenters. The zero-order chi connectivity index (χ0) is 37.6. The Kier molecular flexibility index (Phi) is 11.4. The second-order valence-electron chi connectivity index (χ2n) is 12.8. The highest BCUT2D eigenvalue weighted by molar-refractivity contribution is 7.93. The number of hydrogen-bond acceptors (Lipinski definition) is 9. The molecule has 15 heteroatoms. The minimum atomic E-state index is -4.83. The third-order valence-electron chi connectivity index (χ3n) is 9.08. The molecule has 0 bridgehead atoms. The maximum absolute atomic E-state index is 13.0. The van der Waals surface area contributed by atoms with Gasteiger partial charge in [-0.2, -0.15) is 22.8 Å². The van der Waals surface area contributed by atoms with Crippen LogP contribution in [0, 0.1) is 24.2 Å². The average molecular weight is 761 g/mol. The summed E-state index contributed by atoms with van der Waals surface area (Å²) in [6, 6.07) is 23.8. The third kappa shape index (κ3) is 9.37. The van der Waals surface area contributed by atoms with Crippen molar-refractivity contribution < 1.29 is 31.1 Å². The summed E-state index contributed by atoms with van der Waals surface area (Å²) in [5.74, 6) is -0.856. The van der Waals surface area contributed by atoms with Gasteiger partial charge in [0, 0.05) is 42.1 Å². The molecule has 274 valence electrons. The van der Waals surface area contributed by atoms with Crippen LogP contribution >= 0.6 is 11.5 Å². The summed E-state index contributed by atoms with van der Waals surface area (Å²) >= 11 is 0.887. The molecule has 2 aromatic heterocycles. The predicted octanol–water partition coefficient (Wildman–Crippen LogP) is 8.55. The number of likely N-dealkylation sites (tertiary alicyclic amines) is 1. The van der Waals surface area contributed by atoms with Crippen molar-refractivity contribution in [3.8, 4) is 39.8 Å². The normalized spacial score (nSPS) is 13.8. The largest absolute Gasteiger partial charge is 0.471 e. The number of amides is 1. The van der Waals surface area contributed by atoms with E-state index in [-0.39, 0.29) is 40.3 Å². The van der Waals surface area contributed by atoms with E-state index in [1.807, 2.05) is 61.5 Å². The Labute approximate surface area is 309 Å². The molecule has 0 radical (unpaired) electrons. The Balaban J connectivity index is 1.19. The number of aryl methyl sites for hydroxylation is 2. The molecule has 6 rings (SSSR count). The Hall–Kier alpha value is -5.33. The molecule has 1 amide bonds. The summed E-state index contributed by atoms with van der Waals surface area (Å²) in [6.45, 7) is 2.27. The van der Waals surface area contributed by atoms with Crippen LogP contribution in [0.3, 0.4) is 0 Å². The molecule has 1 fully saturated rings. The van der Waals surface area contributed by atoms with Crippen LogP contribution in [0.5, 0.6) is 11.5 Å². The van der Waals surface area contributed by atoms with E-state index in [9.17, 15) is 31.6 Å². The first-order valence-corrected chi connectivity index (χ1v) is 19.2. The molecule has 0 aliphatic carbocycles. The molecule has 0 saturated carbocycles. The summed E-state index contributed by atoms with van der Waals surface area (Å²) in [4.78, 5) is 20.8. The summed E-state index contributed by atoms with van der Waals surface area (Å²) in [7, 11) is -4.04. The number of piperidine rings is 1. The first-order chi connectivity index (χ1) is 25.4. The number of ether oxygens (including phenoxy) is 1. The topological polar surface area (TPSA) is 138 Å². The molecule has 3 heterocycles. The number of hydrogen-bond donors (Lipinski definition) is 1. The second-order valence-corrected chi connectivity index (χ2v) is 15.3. The maximum atomic E-state index is 13.0. The maximum Gasteiger partial charge on any atom is 0.471 e. The lowest BCUT2D eigenvalue weighted by molar-refractivity contribution is -0.186. The van der Waals surface area contributed by atoms with E-state index in [0.717, 1.165) is 69.2 Å². The summed E-state index contributed by atoms with van der Waals surface area (Å²) in [5.41, 5.74) is 5.51. The van der Waals surface area contributed by atoms with Gasteiger partial charge >= 0.3 is 12.1 Å². The molecule has 10 nitrogen and oxygen atoms in total. The monoisotopic (exact) mass is 760 g/mol. The van der Waals surface area contributed by atoms with Gasteiger partial charge in [-0.1, -0.05) is 48.7 Å². The fourth-order valence-electron chi connectivity index (χ4n) is 6.34. The standard InChI is InChI=1S/C38H35F3N6O4S2/c1-25-5-4-7-27(19-25)28-9-11-35(51-34-12-10-32(21-30(34)23-42)53(49,50)46-37-44-24-45-52-37)33(22-28)29-13-16-43-31(20-29)8-3-2-6-26-14-17-47(18-15-26)36(48)38(39,40)41/h4-5,7,9-13,16,19-22,24,26H,2-3,6,8,14-15,17-18H2,1H3,(H,44,45,46). The number of unbranched alkanes of at least 4 members (excludes halogenated alkanes) is 1. The van der Waals surface area contributed by atoms with E-state index in [2.05, 4.69) is 25.1 Å². The number of anilines is 1. The van der Waals surface area contributed by atoms with Crippen molar-refractivity contribution in [1.82, 2.24) is 19.2 Å². The van der Waals surface area contributed by atoms with Crippen molar-refractivity contribution in [2.75, 3.05) is 17.8 Å². The number of halogens is 3. The molecular formula is C38H35F3N6O4S2. The third-order valence-corrected chi connectivity index (χ3v) is 11.1. The fraction of sp³-hybridized carbons (Fsp3) is 0.289. The summed E-state index contributed by atoms with van der Waals surface area (Å²) in [6.07, 6.45) is 2.51. The van der Waals surface area contributed by atoms with Crippen molar-refractivity contribution in [3.05, 3.63) is 102 Å². The molecule has 5 aromatic rings. The number of nitrogens with one attached hydrogen (secondary N) is 1. The SMILES string of the molecule is Cc1cccc(-c2ccc(Oc3ccc(S(=O)(=O)Nc4ncns4)cc3C#N)c(-c3ccnc(CCCCC4CCN(C(=O)C(F)(F)F)CC4)c3)c2)c1. The van der Waals surface area contributed by atoms with Gasteiger partial charge in [0.1, 0.15) is 23.9 Å². The number of pyridine rings is 1. The number of alkyl halides is 3. The van der Waals surface area contributed by atoms with Crippen molar-refractivity contribution in [2.45, 2.75) is 56.5 Å². The lowest BCUT2D eigenvalue weighted by atomic mass is 9.91. The van der Waals surface area contributed by atoms with Gasteiger partial charge in [0.2, 0.25) is 5.13 Å². The highest BCUT2D eigenvalue weighted by atomic mass is 32.2. The van der Waals surface area contributed by atoms with E-state index < -0.39 is 22.1 Å². The van der Waals surface area contributed by atoms with Crippen molar-refractivity contribution in [2.24, 2.45) is 5.92 Å². The van der Waals surface area contributed by atoms with Gasteiger partial charge in [-0.05, 0) is 97.7 Å². The lowest BCUT2D eigenvalue weighted by Gasteiger charge is -2.32. The second kappa shape index (κ2) is 16.1. The molecule has 1 N–H and O–H groups in total. The zero-order valence-electron chi connectivity index (χ0n) is 28.6. The van der Waals surface area contributed by atoms with Crippen LogP contribution in [-0.2, 0) is 21.2 Å². The fourth-order valence-corrected chi connectivity index (χ4v) is 8.02. The number of carbonyl (C=O) groups is 1. The molecule has 3 aromatic carbocycles. The minimum absolute atomic E-state index is 0.0203. The first kappa shape index (κ1) is 37.4. The summed E-state index contributed by atoms with van der Waals surface area (Å²) < 4.78 is 76.8. The highest BCUT2D eigenvalue weighted by Crippen LogP contribution is 2.39. The number of rotatable bonds is 12. The Morgan fingerprint density at radius 1 is 0.981 bits per heavy atom. The highest BCUT2D eigenvalue weighted by Gasteiger charge is 2.43. The van der Waals surface area contributed by atoms with Gasteiger partial charge in [0.15, 0.2) is 0 Å². The van der Waals surface area contributed by atoms with Gasteiger partial charge in [-0.25, -0.2) is 13.4 Å². The van der Waals surface area contributed by atoms with Gasteiger partial charge in [-0.15, -0.1) is 0 Å². The molecule has 1 aliphatic heterocycles. The lowest BCUT2D eigenvalue weighted by Crippen LogP contribution is -2.45. The molecule has 1 saturated heterocycles. The van der Waals surface area contributed by atoms with Crippen LogP contribution in [0.1, 0.15) is 48.9 Å². The van der Waals surface area contributed by atoms with Crippen molar-refractivity contribution in [3.63, 3.8) is 0 Å². The molecule has 53 heavy (non-hydrogen) atoms. The van der Waals surface area contributed by atoms with E-state index in [4.69, 9.17) is 4.74 Å².